The molecular formula is C16H16BrFO. The maximum absolute atomic E-state index is 13.0. The lowest BCUT2D eigenvalue weighted by Crippen LogP contribution is -2.30. The Morgan fingerprint density at radius 2 is 1.79 bits per heavy atom. The minimum absolute atomic E-state index is 0.279. The van der Waals surface area contributed by atoms with Gasteiger partial charge in [0.15, 0.2) is 0 Å². The zero-order valence-corrected chi connectivity index (χ0v) is 12.3. The number of hydrogen-bond acceptors (Lipinski definition) is 1. The fourth-order valence-electron chi connectivity index (χ4n) is 2.17. The van der Waals surface area contributed by atoms with Crippen molar-refractivity contribution in [3.63, 3.8) is 0 Å². The molecule has 0 aliphatic carbocycles. The third kappa shape index (κ3) is 4.15. The highest BCUT2D eigenvalue weighted by Gasteiger charge is 2.22. The molecule has 0 saturated heterocycles. The molecule has 19 heavy (non-hydrogen) atoms. The summed E-state index contributed by atoms with van der Waals surface area (Å²) in [6.07, 6.45) is 1.04. The average molecular weight is 323 g/mol. The van der Waals surface area contributed by atoms with Crippen molar-refractivity contribution in [2.24, 2.45) is 0 Å². The molecule has 0 aromatic heterocycles. The second kappa shape index (κ2) is 5.85. The van der Waals surface area contributed by atoms with Gasteiger partial charge in [0.25, 0.3) is 0 Å². The van der Waals surface area contributed by atoms with Crippen LogP contribution in [0.2, 0.25) is 0 Å². The van der Waals surface area contributed by atoms with E-state index in [-0.39, 0.29) is 5.82 Å². The van der Waals surface area contributed by atoms with E-state index < -0.39 is 5.60 Å². The van der Waals surface area contributed by atoms with Gasteiger partial charge >= 0.3 is 0 Å². The molecule has 2 aromatic rings. The van der Waals surface area contributed by atoms with Crippen LogP contribution in [0, 0.1) is 5.82 Å². The highest BCUT2D eigenvalue weighted by atomic mass is 79.9. The van der Waals surface area contributed by atoms with Gasteiger partial charge in [-0.1, -0.05) is 52.3 Å². The lowest BCUT2D eigenvalue weighted by atomic mass is 9.90. The van der Waals surface area contributed by atoms with E-state index in [2.05, 4.69) is 15.9 Å². The van der Waals surface area contributed by atoms with Gasteiger partial charge in [-0.05, 0) is 30.2 Å². The van der Waals surface area contributed by atoms with E-state index in [1.807, 2.05) is 30.3 Å². The monoisotopic (exact) mass is 322 g/mol. The highest BCUT2D eigenvalue weighted by molar-refractivity contribution is 9.10. The molecule has 0 amide bonds. The molecule has 1 atom stereocenters. The second-order valence-corrected chi connectivity index (χ2v) is 5.93. The van der Waals surface area contributed by atoms with Crippen LogP contribution in [0.3, 0.4) is 0 Å². The molecule has 0 heterocycles. The first-order valence-corrected chi connectivity index (χ1v) is 6.96. The fourth-order valence-corrected chi connectivity index (χ4v) is 2.66. The zero-order chi connectivity index (χ0) is 13.9. The van der Waals surface area contributed by atoms with E-state index in [1.54, 1.807) is 13.0 Å². The van der Waals surface area contributed by atoms with Gasteiger partial charge in [0.1, 0.15) is 5.82 Å². The van der Waals surface area contributed by atoms with E-state index in [0.717, 1.165) is 11.1 Å². The van der Waals surface area contributed by atoms with Crippen molar-refractivity contribution < 1.29 is 9.50 Å². The molecule has 2 rings (SSSR count). The Hall–Kier alpha value is -1.19. The van der Waals surface area contributed by atoms with E-state index in [9.17, 15) is 9.50 Å². The van der Waals surface area contributed by atoms with Gasteiger partial charge in [-0.3, -0.25) is 0 Å². The quantitative estimate of drug-likeness (QED) is 0.897. The molecule has 1 unspecified atom stereocenters. The lowest BCUT2D eigenvalue weighted by Gasteiger charge is -2.24. The number of benzene rings is 2. The number of hydrogen-bond donors (Lipinski definition) is 1. The molecular weight excluding hydrogens is 307 g/mol. The number of rotatable bonds is 4. The highest BCUT2D eigenvalue weighted by Crippen LogP contribution is 2.25. The summed E-state index contributed by atoms with van der Waals surface area (Å²) < 4.78 is 13.7. The molecule has 1 nitrogen and oxygen atoms in total. The summed E-state index contributed by atoms with van der Waals surface area (Å²) in [5.41, 5.74) is 1.13. The van der Waals surface area contributed by atoms with Crippen LogP contribution in [0.15, 0.2) is 53.0 Å². The maximum atomic E-state index is 13.0. The van der Waals surface area contributed by atoms with Crippen LogP contribution in [0.5, 0.6) is 0 Å². The zero-order valence-electron chi connectivity index (χ0n) is 10.7. The van der Waals surface area contributed by atoms with Crippen molar-refractivity contribution in [1.29, 1.82) is 0 Å². The summed E-state index contributed by atoms with van der Waals surface area (Å²) in [7, 11) is 0. The van der Waals surface area contributed by atoms with Crippen molar-refractivity contribution in [3.8, 4) is 0 Å². The molecule has 0 saturated carbocycles. The first-order valence-electron chi connectivity index (χ1n) is 6.16. The van der Waals surface area contributed by atoms with Crippen molar-refractivity contribution in [2.75, 3.05) is 0 Å². The molecule has 0 fully saturated rings. The predicted molar refractivity (Wildman–Crippen MR) is 78.6 cm³/mol. The van der Waals surface area contributed by atoms with Crippen LogP contribution in [0.25, 0.3) is 0 Å². The summed E-state index contributed by atoms with van der Waals surface area (Å²) in [5.74, 6) is -0.279. The number of halogens is 2. The largest absolute Gasteiger partial charge is 0.389 e. The Morgan fingerprint density at radius 1 is 1.11 bits per heavy atom. The van der Waals surface area contributed by atoms with Gasteiger partial charge in [0, 0.05) is 17.3 Å². The molecule has 0 radical (unpaired) electrons. The topological polar surface area (TPSA) is 20.2 Å². The van der Waals surface area contributed by atoms with Gasteiger partial charge < -0.3 is 5.11 Å². The summed E-state index contributed by atoms with van der Waals surface area (Å²) in [5, 5.41) is 10.5. The Kier molecular flexibility index (Phi) is 4.38. The SMILES string of the molecule is CC(O)(Cc1ccccc1)Cc1ccc(F)cc1Br. The molecule has 0 bridgehead atoms. The Labute approximate surface area is 121 Å². The molecule has 100 valence electrons. The van der Waals surface area contributed by atoms with Crippen molar-refractivity contribution in [2.45, 2.75) is 25.4 Å². The summed E-state index contributed by atoms with van der Waals surface area (Å²) in [6.45, 7) is 1.80. The van der Waals surface area contributed by atoms with Crippen LogP contribution in [0.4, 0.5) is 4.39 Å². The average Bonchev–Trinajstić information content (AvgIpc) is 2.33. The molecule has 1 N–H and O–H groups in total. The second-order valence-electron chi connectivity index (χ2n) is 5.07. The van der Waals surface area contributed by atoms with Crippen LogP contribution in [-0.2, 0) is 12.8 Å². The third-order valence-corrected chi connectivity index (χ3v) is 3.75. The molecule has 0 aliphatic heterocycles. The minimum atomic E-state index is -0.859. The Balaban J connectivity index is 2.12. The molecule has 0 aliphatic rings. The van der Waals surface area contributed by atoms with Gasteiger partial charge in [-0.15, -0.1) is 0 Å². The van der Waals surface area contributed by atoms with E-state index in [0.29, 0.717) is 17.3 Å². The predicted octanol–water partition coefficient (Wildman–Crippen LogP) is 4.12. The third-order valence-electron chi connectivity index (χ3n) is 3.01. The van der Waals surface area contributed by atoms with Crippen molar-refractivity contribution in [1.82, 2.24) is 0 Å². The smallest absolute Gasteiger partial charge is 0.124 e. The fraction of sp³-hybridized carbons (Fsp3) is 0.250. The van der Waals surface area contributed by atoms with Crippen molar-refractivity contribution in [3.05, 3.63) is 69.9 Å². The van der Waals surface area contributed by atoms with E-state index in [1.165, 1.54) is 12.1 Å². The molecule has 2 aromatic carbocycles. The number of aliphatic hydroxyl groups is 1. The Morgan fingerprint density at radius 3 is 2.42 bits per heavy atom. The van der Waals surface area contributed by atoms with Crippen molar-refractivity contribution >= 4 is 15.9 Å². The van der Waals surface area contributed by atoms with Crippen LogP contribution in [0.1, 0.15) is 18.1 Å². The maximum Gasteiger partial charge on any atom is 0.124 e. The van der Waals surface area contributed by atoms with Gasteiger partial charge in [-0.25, -0.2) is 4.39 Å². The molecule has 0 spiro atoms. The van der Waals surface area contributed by atoms with Crippen LogP contribution >= 0.6 is 15.9 Å². The van der Waals surface area contributed by atoms with E-state index >= 15 is 0 Å². The van der Waals surface area contributed by atoms with Crippen LogP contribution < -0.4 is 0 Å². The Bertz CT molecular complexity index is 552. The summed E-state index contributed by atoms with van der Waals surface area (Å²) in [4.78, 5) is 0. The lowest BCUT2D eigenvalue weighted by molar-refractivity contribution is 0.0606. The van der Waals surface area contributed by atoms with E-state index in [4.69, 9.17) is 0 Å². The first kappa shape index (κ1) is 14.2. The first-order chi connectivity index (χ1) is 8.96. The van der Waals surface area contributed by atoms with Gasteiger partial charge in [0.2, 0.25) is 0 Å². The normalized spacial score (nSPS) is 14.1. The summed E-state index contributed by atoms with van der Waals surface area (Å²) in [6, 6.07) is 14.4. The minimum Gasteiger partial charge on any atom is -0.389 e. The van der Waals surface area contributed by atoms with Gasteiger partial charge in [0.05, 0.1) is 5.60 Å². The van der Waals surface area contributed by atoms with Gasteiger partial charge in [-0.2, -0.15) is 0 Å². The van der Waals surface area contributed by atoms with Crippen LogP contribution in [-0.4, -0.2) is 10.7 Å². The molecule has 3 heteroatoms. The standard InChI is InChI=1S/C16H16BrFO/c1-16(19,10-12-5-3-2-4-6-12)11-13-7-8-14(18)9-15(13)17/h2-9,19H,10-11H2,1H3. The summed E-state index contributed by atoms with van der Waals surface area (Å²) >= 11 is 3.33.